The molecule has 2 aromatic carbocycles. The van der Waals surface area contributed by atoms with Gasteiger partial charge in [-0.3, -0.25) is 0 Å². The molecule has 0 amide bonds. The van der Waals surface area contributed by atoms with Crippen molar-refractivity contribution in [2.24, 2.45) is 4.99 Å². The van der Waals surface area contributed by atoms with Crippen LogP contribution in [0.4, 0.5) is 0 Å². The number of fused-ring (bicyclic) bond motifs is 1. The van der Waals surface area contributed by atoms with E-state index in [1.165, 1.54) is 4.70 Å². The summed E-state index contributed by atoms with van der Waals surface area (Å²) in [5.74, 6) is -0.0504. The SMILES string of the molecule is O=C1OC(c2ccccc2)=N/C1=C\c1csc2ccccc12. The van der Waals surface area contributed by atoms with Crippen LogP contribution in [-0.2, 0) is 9.53 Å². The van der Waals surface area contributed by atoms with Crippen LogP contribution in [0.2, 0.25) is 0 Å². The molecular formula is C18H11NO2S. The molecule has 1 aliphatic heterocycles. The molecule has 106 valence electrons. The molecule has 3 nitrogen and oxygen atoms in total. The lowest BCUT2D eigenvalue weighted by Gasteiger charge is -1.97. The zero-order chi connectivity index (χ0) is 14.9. The maximum atomic E-state index is 12.0. The Morgan fingerprint density at radius 1 is 1.00 bits per heavy atom. The molecule has 1 aromatic heterocycles. The number of esters is 1. The van der Waals surface area contributed by atoms with Crippen LogP contribution >= 0.6 is 11.3 Å². The van der Waals surface area contributed by atoms with Crippen molar-refractivity contribution in [3.8, 4) is 0 Å². The van der Waals surface area contributed by atoms with Crippen molar-refractivity contribution in [3.63, 3.8) is 0 Å². The van der Waals surface area contributed by atoms with Crippen molar-refractivity contribution in [1.82, 2.24) is 0 Å². The van der Waals surface area contributed by atoms with Crippen molar-refractivity contribution < 1.29 is 9.53 Å². The molecule has 0 saturated carbocycles. The van der Waals surface area contributed by atoms with Crippen LogP contribution in [0, 0.1) is 0 Å². The van der Waals surface area contributed by atoms with Gasteiger partial charge in [-0.25, -0.2) is 9.79 Å². The van der Waals surface area contributed by atoms with Crippen molar-refractivity contribution in [1.29, 1.82) is 0 Å². The van der Waals surface area contributed by atoms with Gasteiger partial charge in [0.1, 0.15) is 0 Å². The van der Waals surface area contributed by atoms with Crippen LogP contribution in [0.5, 0.6) is 0 Å². The van der Waals surface area contributed by atoms with Gasteiger partial charge in [-0.05, 0) is 40.6 Å². The monoisotopic (exact) mass is 305 g/mol. The van der Waals surface area contributed by atoms with E-state index < -0.39 is 5.97 Å². The van der Waals surface area contributed by atoms with E-state index in [0.29, 0.717) is 11.6 Å². The van der Waals surface area contributed by atoms with Crippen molar-refractivity contribution >= 4 is 39.4 Å². The highest BCUT2D eigenvalue weighted by atomic mass is 32.1. The number of hydrogen-bond donors (Lipinski definition) is 0. The van der Waals surface area contributed by atoms with E-state index in [1.54, 1.807) is 17.4 Å². The molecule has 0 bridgehead atoms. The van der Waals surface area contributed by atoms with Gasteiger partial charge in [-0.1, -0.05) is 36.4 Å². The number of hydrogen-bond acceptors (Lipinski definition) is 4. The summed E-state index contributed by atoms with van der Waals surface area (Å²) in [5.41, 5.74) is 2.13. The lowest BCUT2D eigenvalue weighted by Crippen LogP contribution is -2.04. The molecule has 0 spiro atoms. The average Bonchev–Trinajstić information content (AvgIpc) is 3.13. The van der Waals surface area contributed by atoms with Gasteiger partial charge >= 0.3 is 5.97 Å². The normalized spacial score (nSPS) is 16.1. The molecule has 4 heteroatoms. The van der Waals surface area contributed by atoms with E-state index in [1.807, 2.05) is 53.9 Å². The largest absolute Gasteiger partial charge is 0.402 e. The number of ether oxygens (including phenoxy) is 1. The van der Waals surface area contributed by atoms with Gasteiger partial charge in [0.25, 0.3) is 0 Å². The van der Waals surface area contributed by atoms with E-state index in [2.05, 4.69) is 11.1 Å². The first-order valence-corrected chi connectivity index (χ1v) is 7.73. The van der Waals surface area contributed by atoms with E-state index in [0.717, 1.165) is 16.5 Å². The Bertz CT molecular complexity index is 922. The Morgan fingerprint density at radius 2 is 1.77 bits per heavy atom. The Labute approximate surface area is 131 Å². The maximum Gasteiger partial charge on any atom is 0.363 e. The number of rotatable bonds is 2. The molecule has 0 atom stereocenters. The first kappa shape index (κ1) is 13.0. The number of benzene rings is 2. The third-order valence-electron chi connectivity index (χ3n) is 3.44. The third-order valence-corrected chi connectivity index (χ3v) is 4.43. The summed E-state index contributed by atoms with van der Waals surface area (Å²) < 4.78 is 6.45. The molecule has 0 unspecified atom stereocenters. The summed E-state index contributed by atoms with van der Waals surface area (Å²) in [7, 11) is 0. The molecule has 0 aliphatic carbocycles. The zero-order valence-corrected chi connectivity index (χ0v) is 12.3. The molecule has 4 rings (SSSR count). The lowest BCUT2D eigenvalue weighted by atomic mass is 10.1. The van der Waals surface area contributed by atoms with Crippen molar-refractivity contribution in [2.75, 3.05) is 0 Å². The number of carbonyl (C=O) groups excluding carboxylic acids is 1. The van der Waals surface area contributed by atoms with E-state index in [9.17, 15) is 4.79 Å². The third kappa shape index (κ3) is 2.23. The summed E-state index contributed by atoms with van der Waals surface area (Å²) in [5, 5.41) is 3.15. The first-order chi connectivity index (χ1) is 10.8. The van der Waals surface area contributed by atoms with Crippen molar-refractivity contribution in [3.05, 3.63) is 76.8 Å². The zero-order valence-electron chi connectivity index (χ0n) is 11.5. The van der Waals surface area contributed by atoms with Crippen LogP contribution < -0.4 is 0 Å². The van der Waals surface area contributed by atoms with Crippen LogP contribution in [0.25, 0.3) is 16.2 Å². The lowest BCUT2D eigenvalue weighted by molar-refractivity contribution is -0.129. The predicted molar refractivity (Wildman–Crippen MR) is 88.9 cm³/mol. The molecule has 0 saturated heterocycles. The summed E-state index contributed by atoms with van der Waals surface area (Å²) in [6.07, 6.45) is 1.79. The van der Waals surface area contributed by atoms with Crippen LogP contribution in [0.3, 0.4) is 0 Å². The standard InChI is InChI=1S/C18H11NO2S/c20-18-15(19-17(21-18)12-6-2-1-3-7-12)10-13-11-22-16-9-5-4-8-14(13)16/h1-11H/b15-10-. The van der Waals surface area contributed by atoms with Gasteiger partial charge in [0.2, 0.25) is 5.90 Å². The van der Waals surface area contributed by atoms with Gasteiger partial charge in [0.05, 0.1) is 0 Å². The van der Waals surface area contributed by atoms with Gasteiger partial charge in [0, 0.05) is 10.3 Å². The van der Waals surface area contributed by atoms with Gasteiger partial charge < -0.3 is 4.74 Å². The molecule has 1 aliphatic rings. The Hall–Kier alpha value is -2.72. The number of aliphatic imine (C=N–C) groups is 1. The summed E-state index contributed by atoms with van der Waals surface area (Å²) in [6, 6.07) is 17.5. The van der Waals surface area contributed by atoms with E-state index in [4.69, 9.17) is 4.74 Å². The minimum Gasteiger partial charge on any atom is -0.402 e. The van der Waals surface area contributed by atoms with Crippen LogP contribution in [-0.4, -0.2) is 11.9 Å². The fourth-order valence-corrected chi connectivity index (χ4v) is 3.29. The predicted octanol–water partition coefficient (Wildman–Crippen LogP) is 4.25. The first-order valence-electron chi connectivity index (χ1n) is 6.85. The van der Waals surface area contributed by atoms with Gasteiger partial charge in [0.15, 0.2) is 5.70 Å². The second-order valence-corrected chi connectivity index (χ2v) is 5.80. The summed E-state index contributed by atoms with van der Waals surface area (Å²) >= 11 is 1.65. The van der Waals surface area contributed by atoms with E-state index >= 15 is 0 Å². The number of carbonyl (C=O) groups is 1. The van der Waals surface area contributed by atoms with Gasteiger partial charge in [-0.15, -0.1) is 11.3 Å². The highest BCUT2D eigenvalue weighted by Crippen LogP contribution is 2.28. The molecule has 0 fully saturated rings. The average molecular weight is 305 g/mol. The minimum absolute atomic E-state index is 0.336. The highest BCUT2D eigenvalue weighted by Gasteiger charge is 2.24. The van der Waals surface area contributed by atoms with Gasteiger partial charge in [-0.2, -0.15) is 0 Å². The fraction of sp³-hybridized carbons (Fsp3) is 0. The topological polar surface area (TPSA) is 38.7 Å². The number of thiophene rings is 1. The molecule has 22 heavy (non-hydrogen) atoms. The van der Waals surface area contributed by atoms with E-state index in [-0.39, 0.29) is 0 Å². The number of nitrogens with zero attached hydrogens (tertiary/aromatic N) is 1. The second kappa shape index (κ2) is 5.24. The Balaban J connectivity index is 1.76. The summed E-state index contributed by atoms with van der Waals surface area (Å²) in [4.78, 5) is 16.4. The number of cyclic esters (lactones) is 1. The van der Waals surface area contributed by atoms with Crippen LogP contribution in [0.1, 0.15) is 11.1 Å². The quantitative estimate of drug-likeness (QED) is 0.524. The highest BCUT2D eigenvalue weighted by molar-refractivity contribution is 7.17. The molecule has 0 N–H and O–H groups in total. The Kier molecular flexibility index (Phi) is 3.09. The smallest absolute Gasteiger partial charge is 0.363 e. The molecular weight excluding hydrogens is 294 g/mol. The molecule has 2 heterocycles. The Morgan fingerprint density at radius 3 is 2.64 bits per heavy atom. The second-order valence-electron chi connectivity index (χ2n) is 4.89. The molecule has 0 radical (unpaired) electrons. The summed E-state index contributed by atoms with van der Waals surface area (Å²) in [6.45, 7) is 0. The molecule has 3 aromatic rings. The fourth-order valence-electron chi connectivity index (χ4n) is 2.37. The van der Waals surface area contributed by atoms with Crippen molar-refractivity contribution in [2.45, 2.75) is 0 Å². The van der Waals surface area contributed by atoms with Crippen LogP contribution in [0.15, 0.2) is 70.7 Å². The minimum atomic E-state index is -0.408. The maximum absolute atomic E-state index is 12.0.